The topological polar surface area (TPSA) is 112 Å². The Kier molecular flexibility index (Phi) is 6.18. The fourth-order valence-corrected chi connectivity index (χ4v) is 2.70. The summed E-state index contributed by atoms with van der Waals surface area (Å²) in [6.07, 6.45) is -4.48. The Morgan fingerprint density at radius 3 is 2.68 bits per heavy atom. The second kappa shape index (κ2) is 8.81. The molecule has 0 aliphatic heterocycles. The fourth-order valence-electron chi connectivity index (χ4n) is 2.70. The summed E-state index contributed by atoms with van der Waals surface area (Å²) in [4.78, 5) is 22.7. The minimum atomic E-state index is -4.48. The summed E-state index contributed by atoms with van der Waals surface area (Å²) in [5.74, 6) is -0.543. The van der Waals surface area contributed by atoms with Crippen molar-refractivity contribution in [2.45, 2.75) is 13.1 Å². The monoisotopic (exact) mass is 435 g/mol. The lowest BCUT2D eigenvalue weighted by Gasteiger charge is -2.10. The number of nitro benzene ring substituents is 1. The van der Waals surface area contributed by atoms with E-state index < -0.39 is 22.6 Å². The van der Waals surface area contributed by atoms with Gasteiger partial charge in [0.15, 0.2) is 5.69 Å². The molecule has 31 heavy (non-hydrogen) atoms. The van der Waals surface area contributed by atoms with Gasteiger partial charge in [0, 0.05) is 12.1 Å². The van der Waals surface area contributed by atoms with Crippen molar-refractivity contribution >= 4 is 11.6 Å². The lowest BCUT2D eigenvalue weighted by molar-refractivity contribution is -0.384. The van der Waals surface area contributed by atoms with Gasteiger partial charge in [-0.15, -0.1) is 5.10 Å². The summed E-state index contributed by atoms with van der Waals surface area (Å²) in [6.45, 7) is 1.52. The molecule has 0 saturated heterocycles. The Bertz CT molecular complexity index is 1110. The number of rotatable bonds is 7. The Balaban J connectivity index is 1.60. The van der Waals surface area contributed by atoms with Crippen LogP contribution in [0, 0.1) is 17.0 Å². The minimum absolute atomic E-state index is 0.00516. The fraction of sp³-hybridized carbons (Fsp3) is 0.211. The van der Waals surface area contributed by atoms with Gasteiger partial charge in [0.05, 0.1) is 28.4 Å². The quantitative estimate of drug-likeness (QED) is 0.346. The molecule has 0 aliphatic rings. The maximum atomic E-state index is 12.7. The first-order chi connectivity index (χ1) is 14.7. The van der Waals surface area contributed by atoms with E-state index >= 15 is 0 Å². The van der Waals surface area contributed by atoms with Crippen molar-refractivity contribution in [1.82, 2.24) is 20.3 Å². The first-order valence-corrected chi connectivity index (χ1v) is 8.92. The maximum absolute atomic E-state index is 12.7. The number of nitro groups is 1. The van der Waals surface area contributed by atoms with Crippen molar-refractivity contribution in [2.24, 2.45) is 0 Å². The number of benzene rings is 2. The highest BCUT2D eigenvalue weighted by atomic mass is 19.4. The largest absolute Gasteiger partial charge is 0.492 e. The summed E-state index contributed by atoms with van der Waals surface area (Å²) in [5, 5.41) is 21.1. The number of carbonyl (C=O) groups is 1. The van der Waals surface area contributed by atoms with Crippen LogP contribution in [0.25, 0.3) is 5.69 Å². The number of ether oxygens (including phenoxy) is 1. The molecular formula is C19H16F3N5O4. The number of nitrogens with zero attached hydrogens (tertiary/aromatic N) is 4. The van der Waals surface area contributed by atoms with Crippen molar-refractivity contribution in [3.63, 3.8) is 0 Å². The number of aromatic nitrogens is 3. The highest BCUT2D eigenvalue weighted by Crippen LogP contribution is 2.31. The van der Waals surface area contributed by atoms with Crippen molar-refractivity contribution < 1.29 is 27.6 Å². The molecule has 162 valence electrons. The van der Waals surface area contributed by atoms with E-state index in [1.807, 2.05) is 0 Å². The van der Waals surface area contributed by atoms with Gasteiger partial charge in [-0.25, -0.2) is 4.68 Å². The molecule has 3 aromatic rings. The Hall–Kier alpha value is -3.96. The normalized spacial score (nSPS) is 11.2. The van der Waals surface area contributed by atoms with Gasteiger partial charge in [0.1, 0.15) is 12.4 Å². The first kappa shape index (κ1) is 21.7. The van der Waals surface area contributed by atoms with Gasteiger partial charge in [-0.05, 0) is 31.2 Å². The van der Waals surface area contributed by atoms with Crippen LogP contribution in [0.5, 0.6) is 5.75 Å². The molecule has 0 aliphatic carbocycles. The number of halogens is 3. The Labute approximate surface area is 173 Å². The third-order valence-electron chi connectivity index (χ3n) is 4.21. The molecule has 12 heteroatoms. The number of alkyl halides is 3. The molecule has 3 rings (SSSR count). The molecule has 1 heterocycles. The van der Waals surface area contributed by atoms with Gasteiger partial charge in [-0.3, -0.25) is 14.9 Å². The highest BCUT2D eigenvalue weighted by Gasteiger charge is 2.30. The number of nitrogens with one attached hydrogen (secondary N) is 1. The van der Waals surface area contributed by atoms with Crippen LogP contribution in [-0.2, 0) is 6.18 Å². The van der Waals surface area contributed by atoms with Crippen LogP contribution in [-0.4, -0.2) is 39.0 Å². The predicted molar refractivity (Wildman–Crippen MR) is 102 cm³/mol. The number of carbonyl (C=O) groups excluding carboxylic acids is 1. The van der Waals surface area contributed by atoms with Gasteiger partial charge in [-0.1, -0.05) is 17.3 Å². The summed E-state index contributed by atoms with van der Waals surface area (Å²) in [7, 11) is 0. The molecule has 1 aromatic heterocycles. The summed E-state index contributed by atoms with van der Waals surface area (Å²) >= 11 is 0. The van der Waals surface area contributed by atoms with Crippen molar-refractivity contribution in [1.29, 1.82) is 0 Å². The predicted octanol–water partition coefficient (Wildman–Crippen LogP) is 3.31. The molecule has 0 bridgehead atoms. The van der Waals surface area contributed by atoms with E-state index in [0.29, 0.717) is 11.4 Å². The van der Waals surface area contributed by atoms with Gasteiger partial charge in [-0.2, -0.15) is 13.2 Å². The van der Waals surface area contributed by atoms with E-state index in [0.717, 1.165) is 12.1 Å². The van der Waals surface area contributed by atoms with Crippen molar-refractivity contribution in [3.05, 3.63) is 75.6 Å². The molecule has 0 unspecified atom stereocenters. The number of hydrogen-bond donors (Lipinski definition) is 1. The van der Waals surface area contributed by atoms with Crippen LogP contribution in [0.1, 0.15) is 21.7 Å². The van der Waals surface area contributed by atoms with E-state index in [1.165, 1.54) is 35.0 Å². The van der Waals surface area contributed by atoms with E-state index in [4.69, 9.17) is 4.74 Å². The smallest absolute Gasteiger partial charge is 0.416 e. The van der Waals surface area contributed by atoms with Crippen LogP contribution in [0.15, 0.2) is 48.5 Å². The molecular weight excluding hydrogens is 419 g/mol. The summed E-state index contributed by atoms with van der Waals surface area (Å²) in [6, 6.07) is 10.1. The third-order valence-corrected chi connectivity index (χ3v) is 4.21. The molecule has 2 aromatic carbocycles. The second-order valence-corrected chi connectivity index (χ2v) is 6.34. The zero-order valence-electron chi connectivity index (χ0n) is 16.1. The van der Waals surface area contributed by atoms with Gasteiger partial charge >= 0.3 is 6.18 Å². The molecule has 0 spiro atoms. The number of hydrogen-bond acceptors (Lipinski definition) is 6. The standard InChI is InChI=1S/C19H16F3N5O4/c1-12-17(24-25-26(12)14-5-3-6-15(11-14)27(29)30)18(28)23-8-9-31-16-7-2-4-13(10-16)19(20,21)22/h2-7,10-11H,8-9H2,1H3,(H,23,28). The molecule has 1 amide bonds. The maximum Gasteiger partial charge on any atom is 0.416 e. The van der Waals surface area contributed by atoms with Crippen LogP contribution in [0.3, 0.4) is 0 Å². The van der Waals surface area contributed by atoms with E-state index in [2.05, 4.69) is 15.6 Å². The van der Waals surface area contributed by atoms with Crippen LogP contribution >= 0.6 is 0 Å². The van der Waals surface area contributed by atoms with Crippen molar-refractivity contribution in [2.75, 3.05) is 13.2 Å². The van der Waals surface area contributed by atoms with Gasteiger partial charge in [0.2, 0.25) is 0 Å². The lowest BCUT2D eigenvalue weighted by Crippen LogP contribution is -2.29. The zero-order valence-corrected chi connectivity index (χ0v) is 16.1. The molecule has 0 radical (unpaired) electrons. The van der Waals surface area contributed by atoms with E-state index in [1.54, 1.807) is 13.0 Å². The van der Waals surface area contributed by atoms with Crippen LogP contribution in [0.4, 0.5) is 18.9 Å². The van der Waals surface area contributed by atoms with E-state index in [-0.39, 0.29) is 30.3 Å². The average molecular weight is 435 g/mol. The molecule has 0 fully saturated rings. The SMILES string of the molecule is Cc1c(C(=O)NCCOc2cccc(C(F)(F)F)c2)nnn1-c1cccc([N+](=O)[O-])c1. The van der Waals surface area contributed by atoms with Crippen LogP contribution < -0.4 is 10.1 Å². The first-order valence-electron chi connectivity index (χ1n) is 8.92. The minimum Gasteiger partial charge on any atom is -0.492 e. The molecule has 9 nitrogen and oxygen atoms in total. The van der Waals surface area contributed by atoms with Crippen molar-refractivity contribution in [3.8, 4) is 11.4 Å². The molecule has 0 saturated carbocycles. The number of non-ortho nitro benzene ring substituents is 1. The summed E-state index contributed by atoms with van der Waals surface area (Å²) < 4.78 is 44.7. The second-order valence-electron chi connectivity index (χ2n) is 6.34. The van der Waals surface area contributed by atoms with Crippen LogP contribution in [0.2, 0.25) is 0 Å². The molecule has 1 N–H and O–H groups in total. The van der Waals surface area contributed by atoms with Gasteiger partial charge < -0.3 is 10.1 Å². The Morgan fingerprint density at radius 2 is 1.97 bits per heavy atom. The lowest BCUT2D eigenvalue weighted by atomic mass is 10.2. The van der Waals surface area contributed by atoms with E-state index in [9.17, 15) is 28.1 Å². The third kappa shape index (κ3) is 5.15. The zero-order chi connectivity index (χ0) is 22.6. The Morgan fingerprint density at radius 1 is 1.23 bits per heavy atom. The highest BCUT2D eigenvalue weighted by molar-refractivity contribution is 5.93. The summed E-state index contributed by atoms with van der Waals surface area (Å²) in [5.41, 5.74) is -0.235. The number of amides is 1. The average Bonchev–Trinajstić information content (AvgIpc) is 3.12. The molecule has 0 atom stereocenters. The van der Waals surface area contributed by atoms with Gasteiger partial charge in [0.25, 0.3) is 11.6 Å².